The highest BCUT2D eigenvalue weighted by molar-refractivity contribution is 5.88. The highest BCUT2D eigenvalue weighted by atomic mass is 16.5. The summed E-state index contributed by atoms with van der Waals surface area (Å²) < 4.78 is 6.77. The monoisotopic (exact) mass is 222 g/mol. The van der Waals surface area contributed by atoms with Crippen molar-refractivity contribution in [1.82, 2.24) is 4.68 Å². The van der Waals surface area contributed by atoms with Crippen LogP contribution in [0.5, 0.6) is 0 Å². The van der Waals surface area contributed by atoms with Gasteiger partial charge < -0.3 is 10.2 Å². The van der Waals surface area contributed by atoms with Gasteiger partial charge in [0.2, 0.25) is 0 Å². The molecule has 0 aliphatic rings. The summed E-state index contributed by atoms with van der Waals surface area (Å²) in [4.78, 5) is 11.3. The Morgan fingerprint density at radius 1 is 1.44 bits per heavy atom. The van der Waals surface area contributed by atoms with Gasteiger partial charge in [-0.1, -0.05) is 6.58 Å². The van der Waals surface area contributed by atoms with E-state index in [1.807, 2.05) is 30.7 Å². The first-order valence-corrected chi connectivity index (χ1v) is 5.30. The quantitative estimate of drug-likeness (QED) is 0.610. The molecule has 1 aromatic heterocycles. The van der Waals surface area contributed by atoms with Crippen LogP contribution in [0.2, 0.25) is 0 Å². The van der Waals surface area contributed by atoms with Crippen molar-refractivity contribution in [3.8, 4) is 0 Å². The van der Waals surface area contributed by atoms with Crippen molar-refractivity contribution >= 4 is 5.97 Å². The molecule has 0 aliphatic carbocycles. The molecule has 0 unspecified atom stereocenters. The summed E-state index contributed by atoms with van der Waals surface area (Å²) in [6, 6.07) is 4.02. The lowest BCUT2D eigenvalue weighted by Gasteiger charge is -2.13. The first-order chi connectivity index (χ1) is 7.56. The van der Waals surface area contributed by atoms with Gasteiger partial charge in [0, 0.05) is 11.4 Å². The predicted octanol–water partition coefficient (Wildman–Crippen LogP) is 1.77. The van der Waals surface area contributed by atoms with Gasteiger partial charge in [0.25, 0.3) is 0 Å². The topological polar surface area (TPSA) is 43.3 Å². The third kappa shape index (κ3) is 2.89. The molecular weight excluding hydrogens is 204 g/mol. The molecule has 0 fully saturated rings. The van der Waals surface area contributed by atoms with E-state index in [1.54, 1.807) is 6.92 Å². The minimum absolute atomic E-state index is 0.350. The van der Waals surface area contributed by atoms with Crippen molar-refractivity contribution in [1.29, 1.82) is 0 Å². The molecule has 0 bridgehead atoms. The second-order valence-electron chi connectivity index (χ2n) is 3.61. The van der Waals surface area contributed by atoms with E-state index in [9.17, 15) is 4.79 Å². The normalized spacial score (nSPS) is 9.94. The molecule has 0 amide bonds. The van der Waals surface area contributed by atoms with E-state index in [-0.39, 0.29) is 5.97 Å². The average Bonchev–Trinajstić information content (AvgIpc) is 2.56. The van der Waals surface area contributed by atoms with Gasteiger partial charge in [-0.3, -0.25) is 4.68 Å². The number of aromatic nitrogens is 1. The highest BCUT2D eigenvalue weighted by Gasteiger charge is 2.08. The molecule has 0 spiro atoms. The van der Waals surface area contributed by atoms with Gasteiger partial charge in [0.15, 0.2) is 0 Å². The molecule has 4 heteroatoms. The van der Waals surface area contributed by atoms with Gasteiger partial charge in [-0.05, 0) is 32.9 Å². The van der Waals surface area contributed by atoms with Gasteiger partial charge in [0.05, 0.1) is 18.7 Å². The van der Waals surface area contributed by atoms with E-state index in [0.29, 0.717) is 18.7 Å². The average molecular weight is 222 g/mol. The molecule has 0 aromatic carbocycles. The molecule has 1 heterocycles. The second-order valence-corrected chi connectivity index (χ2v) is 3.61. The maximum atomic E-state index is 11.3. The minimum Gasteiger partial charge on any atom is -0.463 e. The van der Waals surface area contributed by atoms with E-state index < -0.39 is 0 Å². The van der Waals surface area contributed by atoms with Crippen molar-refractivity contribution in [3.05, 3.63) is 35.7 Å². The second kappa shape index (κ2) is 5.39. The summed E-state index contributed by atoms with van der Waals surface area (Å²) in [5.74, 6) is -0.350. The Labute approximate surface area is 95.9 Å². The number of hydrogen-bond donors (Lipinski definition) is 1. The maximum Gasteiger partial charge on any atom is 0.335 e. The van der Waals surface area contributed by atoms with Crippen LogP contribution in [0.3, 0.4) is 0 Å². The molecule has 88 valence electrons. The fourth-order valence-corrected chi connectivity index (χ4v) is 1.40. The third-order valence-electron chi connectivity index (χ3n) is 2.29. The number of esters is 1. The molecular formula is C12H18N2O2. The van der Waals surface area contributed by atoms with Crippen molar-refractivity contribution in [2.75, 3.05) is 18.6 Å². The van der Waals surface area contributed by atoms with Crippen LogP contribution < -0.4 is 5.43 Å². The molecule has 0 radical (unpaired) electrons. The molecule has 4 nitrogen and oxygen atoms in total. The Morgan fingerprint density at radius 3 is 2.50 bits per heavy atom. The zero-order valence-corrected chi connectivity index (χ0v) is 10.0. The van der Waals surface area contributed by atoms with Crippen LogP contribution in [0.1, 0.15) is 18.3 Å². The van der Waals surface area contributed by atoms with Crippen molar-refractivity contribution in [3.63, 3.8) is 0 Å². The fraction of sp³-hybridized carbons (Fsp3) is 0.417. The number of aryl methyl sites for hydroxylation is 2. The van der Waals surface area contributed by atoms with Crippen molar-refractivity contribution in [2.24, 2.45) is 0 Å². The number of ether oxygens (including phenoxy) is 1. The van der Waals surface area contributed by atoms with Gasteiger partial charge in [-0.2, -0.15) is 0 Å². The number of carbonyl (C=O) groups excluding carboxylic acids is 1. The van der Waals surface area contributed by atoms with Crippen LogP contribution in [0, 0.1) is 13.8 Å². The van der Waals surface area contributed by atoms with Crippen molar-refractivity contribution in [2.45, 2.75) is 20.8 Å². The molecule has 1 aromatic rings. The van der Waals surface area contributed by atoms with Crippen LogP contribution in [0.25, 0.3) is 0 Å². The lowest BCUT2D eigenvalue weighted by molar-refractivity contribution is -0.138. The van der Waals surface area contributed by atoms with Crippen LogP contribution in [-0.2, 0) is 9.53 Å². The number of hydrogen-bond acceptors (Lipinski definition) is 3. The predicted molar refractivity (Wildman–Crippen MR) is 63.9 cm³/mol. The number of rotatable bonds is 5. The Morgan fingerprint density at radius 2 is 2.00 bits per heavy atom. The fourth-order valence-electron chi connectivity index (χ4n) is 1.40. The zero-order chi connectivity index (χ0) is 12.1. The summed E-state index contributed by atoms with van der Waals surface area (Å²) >= 11 is 0. The smallest absolute Gasteiger partial charge is 0.335 e. The molecule has 0 aliphatic heterocycles. The highest BCUT2D eigenvalue weighted by Crippen LogP contribution is 2.04. The van der Waals surface area contributed by atoms with E-state index >= 15 is 0 Å². The maximum absolute atomic E-state index is 11.3. The minimum atomic E-state index is -0.350. The van der Waals surface area contributed by atoms with Gasteiger partial charge in [0.1, 0.15) is 0 Å². The third-order valence-corrected chi connectivity index (χ3v) is 2.29. The summed E-state index contributed by atoms with van der Waals surface area (Å²) in [6.07, 6.45) is 0. The van der Waals surface area contributed by atoms with Crippen LogP contribution >= 0.6 is 0 Å². The summed E-state index contributed by atoms with van der Waals surface area (Å²) in [6.45, 7) is 10.2. The molecule has 1 rings (SSSR count). The van der Waals surface area contributed by atoms with Crippen LogP contribution in [-0.4, -0.2) is 23.8 Å². The molecule has 0 saturated carbocycles. The zero-order valence-electron chi connectivity index (χ0n) is 10.0. The van der Waals surface area contributed by atoms with Crippen LogP contribution in [0.15, 0.2) is 24.3 Å². The van der Waals surface area contributed by atoms with Gasteiger partial charge in [-0.15, -0.1) is 0 Å². The first-order valence-electron chi connectivity index (χ1n) is 5.30. The molecule has 1 N–H and O–H groups in total. The largest absolute Gasteiger partial charge is 0.463 e. The Kier molecular flexibility index (Phi) is 4.17. The summed E-state index contributed by atoms with van der Waals surface area (Å²) in [7, 11) is 0. The Balaban J connectivity index is 2.52. The van der Waals surface area contributed by atoms with E-state index in [4.69, 9.17) is 4.74 Å². The van der Waals surface area contributed by atoms with Gasteiger partial charge >= 0.3 is 5.97 Å². The standard InChI is InChI=1S/C12H18N2O2/c1-5-16-12(15)9(2)8-13-14-10(3)6-7-11(14)4/h6-7,13H,2,5,8H2,1,3-4H3. The molecule has 0 atom stereocenters. The first kappa shape index (κ1) is 12.4. The lowest BCUT2D eigenvalue weighted by atomic mass is 10.3. The lowest BCUT2D eigenvalue weighted by Crippen LogP contribution is -2.23. The Bertz CT molecular complexity index is 374. The Hall–Kier alpha value is -1.71. The van der Waals surface area contributed by atoms with E-state index in [1.165, 1.54) is 0 Å². The molecule has 0 saturated heterocycles. The summed E-state index contributed by atoms with van der Waals surface area (Å²) in [5, 5.41) is 0. The van der Waals surface area contributed by atoms with E-state index in [2.05, 4.69) is 12.0 Å². The van der Waals surface area contributed by atoms with E-state index in [0.717, 1.165) is 11.4 Å². The molecule has 16 heavy (non-hydrogen) atoms. The number of nitrogens with zero attached hydrogens (tertiary/aromatic N) is 1. The SMILES string of the molecule is C=C(CNn1c(C)ccc1C)C(=O)OCC. The van der Waals surface area contributed by atoms with Gasteiger partial charge in [-0.25, -0.2) is 4.79 Å². The van der Waals surface area contributed by atoms with Crippen LogP contribution in [0.4, 0.5) is 0 Å². The summed E-state index contributed by atoms with van der Waals surface area (Å²) in [5.41, 5.74) is 5.73. The van der Waals surface area contributed by atoms with Crippen molar-refractivity contribution < 1.29 is 9.53 Å². The number of nitrogens with one attached hydrogen (secondary N) is 1. The number of carbonyl (C=O) groups is 1.